The van der Waals surface area contributed by atoms with Gasteiger partial charge in [0.2, 0.25) is 0 Å². The average Bonchev–Trinajstić information content (AvgIpc) is 2.98. The first kappa shape index (κ1) is 18.1. The number of amides is 1. The van der Waals surface area contributed by atoms with Gasteiger partial charge in [0.1, 0.15) is 11.3 Å². The Balaban J connectivity index is 1.90. The summed E-state index contributed by atoms with van der Waals surface area (Å²) in [4.78, 5) is 19.3. The predicted molar refractivity (Wildman–Crippen MR) is 104 cm³/mol. The second-order valence-electron chi connectivity index (χ2n) is 6.77. The summed E-state index contributed by atoms with van der Waals surface area (Å²) in [6, 6.07) is 9.65. The number of anilines is 1. The summed E-state index contributed by atoms with van der Waals surface area (Å²) in [5.74, 6) is 0.604. The lowest BCUT2D eigenvalue weighted by Gasteiger charge is -2.11. The molecular formula is C21H25N3O2. The number of nitrogens with one attached hydrogen (secondary N) is 1. The number of pyridine rings is 1. The van der Waals surface area contributed by atoms with Crippen LogP contribution in [0.2, 0.25) is 0 Å². The summed E-state index contributed by atoms with van der Waals surface area (Å²) in [7, 11) is 4.01. The summed E-state index contributed by atoms with van der Waals surface area (Å²) >= 11 is 0. The number of rotatable bonds is 7. The molecular weight excluding hydrogens is 326 g/mol. The minimum absolute atomic E-state index is 0.148. The van der Waals surface area contributed by atoms with Crippen molar-refractivity contribution in [1.82, 2.24) is 9.88 Å². The van der Waals surface area contributed by atoms with E-state index >= 15 is 0 Å². The van der Waals surface area contributed by atoms with E-state index in [4.69, 9.17) is 4.42 Å². The molecule has 0 atom stereocenters. The van der Waals surface area contributed by atoms with Gasteiger partial charge >= 0.3 is 0 Å². The third kappa shape index (κ3) is 4.11. The molecule has 0 fully saturated rings. The zero-order valence-electron chi connectivity index (χ0n) is 15.6. The lowest BCUT2D eigenvalue weighted by atomic mass is 10.1. The summed E-state index contributed by atoms with van der Waals surface area (Å²) in [6.45, 7) is 2.90. The van der Waals surface area contributed by atoms with E-state index in [1.165, 1.54) is 0 Å². The van der Waals surface area contributed by atoms with Crippen molar-refractivity contribution in [1.29, 1.82) is 0 Å². The molecule has 2 aromatic heterocycles. The Bertz CT molecular complexity index is 899. The van der Waals surface area contributed by atoms with Crippen molar-refractivity contribution in [2.24, 2.45) is 0 Å². The monoisotopic (exact) mass is 351 g/mol. The Hall–Kier alpha value is -2.66. The molecule has 0 aliphatic carbocycles. The molecule has 26 heavy (non-hydrogen) atoms. The van der Waals surface area contributed by atoms with E-state index in [9.17, 15) is 4.79 Å². The van der Waals surface area contributed by atoms with Crippen LogP contribution in [0, 0.1) is 0 Å². The number of nitrogens with zero attached hydrogens (tertiary/aromatic N) is 2. The van der Waals surface area contributed by atoms with Gasteiger partial charge in [0.25, 0.3) is 5.91 Å². The van der Waals surface area contributed by atoms with E-state index in [0.717, 1.165) is 48.1 Å². The number of unbranched alkanes of at least 4 members (excludes halogenated alkanes) is 1. The van der Waals surface area contributed by atoms with E-state index < -0.39 is 0 Å². The van der Waals surface area contributed by atoms with E-state index in [1.807, 2.05) is 50.6 Å². The smallest absolute Gasteiger partial charge is 0.259 e. The topological polar surface area (TPSA) is 58.4 Å². The minimum Gasteiger partial charge on any atom is -0.460 e. The standard InChI is InChI=1S/C21H25N3O2/c1-4-5-9-19-20(17-8-6-7-10-18(17)26-19)21(25)23-16-11-15(12-22-13-16)14-24(2)3/h6-8,10-13H,4-5,9,14H2,1-3H3,(H,23,25). The van der Waals surface area contributed by atoms with Gasteiger partial charge < -0.3 is 14.6 Å². The third-order valence-electron chi connectivity index (χ3n) is 4.20. The number of benzene rings is 1. The maximum Gasteiger partial charge on any atom is 0.259 e. The molecule has 0 bridgehead atoms. The number of hydrogen-bond acceptors (Lipinski definition) is 4. The van der Waals surface area contributed by atoms with Gasteiger partial charge in [0.15, 0.2) is 0 Å². The maximum absolute atomic E-state index is 13.0. The summed E-state index contributed by atoms with van der Waals surface area (Å²) in [6.07, 6.45) is 6.28. The summed E-state index contributed by atoms with van der Waals surface area (Å²) < 4.78 is 5.95. The number of furan rings is 1. The van der Waals surface area contributed by atoms with Crippen LogP contribution in [0.3, 0.4) is 0 Å². The van der Waals surface area contributed by atoms with Crippen LogP contribution in [0.4, 0.5) is 5.69 Å². The lowest BCUT2D eigenvalue weighted by molar-refractivity contribution is 0.102. The van der Waals surface area contributed by atoms with Crippen LogP contribution >= 0.6 is 0 Å². The number of fused-ring (bicyclic) bond motifs is 1. The van der Waals surface area contributed by atoms with Gasteiger partial charge in [0, 0.05) is 24.5 Å². The molecule has 136 valence electrons. The van der Waals surface area contributed by atoms with Gasteiger partial charge in [-0.3, -0.25) is 9.78 Å². The van der Waals surface area contributed by atoms with Crippen LogP contribution in [0.5, 0.6) is 0 Å². The van der Waals surface area contributed by atoms with Crippen LogP contribution in [-0.2, 0) is 13.0 Å². The van der Waals surface area contributed by atoms with E-state index in [0.29, 0.717) is 11.3 Å². The number of aromatic nitrogens is 1. The first-order chi connectivity index (χ1) is 12.6. The number of aryl methyl sites for hydroxylation is 1. The van der Waals surface area contributed by atoms with Gasteiger partial charge in [-0.2, -0.15) is 0 Å². The summed E-state index contributed by atoms with van der Waals surface area (Å²) in [5, 5.41) is 3.84. The Morgan fingerprint density at radius 3 is 2.81 bits per heavy atom. The second-order valence-corrected chi connectivity index (χ2v) is 6.77. The zero-order chi connectivity index (χ0) is 18.5. The highest BCUT2D eigenvalue weighted by atomic mass is 16.3. The molecule has 0 saturated heterocycles. The molecule has 0 spiro atoms. The Morgan fingerprint density at radius 2 is 2.04 bits per heavy atom. The predicted octanol–water partition coefficient (Wildman–Crippen LogP) is 4.48. The van der Waals surface area contributed by atoms with Gasteiger partial charge in [0.05, 0.1) is 17.4 Å². The largest absolute Gasteiger partial charge is 0.460 e. The lowest BCUT2D eigenvalue weighted by Crippen LogP contribution is -2.15. The van der Waals surface area contributed by atoms with Crippen LogP contribution in [0.15, 0.2) is 47.1 Å². The summed E-state index contributed by atoms with van der Waals surface area (Å²) in [5.41, 5.74) is 3.13. The number of hydrogen-bond donors (Lipinski definition) is 1. The van der Waals surface area contributed by atoms with Crippen molar-refractivity contribution in [3.05, 3.63) is 59.6 Å². The Labute approximate surface area is 154 Å². The maximum atomic E-state index is 13.0. The van der Waals surface area contributed by atoms with Crippen molar-refractivity contribution in [3.8, 4) is 0 Å². The van der Waals surface area contributed by atoms with Gasteiger partial charge in [-0.25, -0.2) is 0 Å². The number of para-hydroxylation sites is 1. The van der Waals surface area contributed by atoms with Gasteiger partial charge in [-0.15, -0.1) is 0 Å². The fraction of sp³-hybridized carbons (Fsp3) is 0.333. The van der Waals surface area contributed by atoms with E-state index in [1.54, 1.807) is 6.20 Å². The Morgan fingerprint density at radius 1 is 1.23 bits per heavy atom. The van der Waals surface area contributed by atoms with Crippen molar-refractivity contribution in [2.75, 3.05) is 19.4 Å². The molecule has 1 aromatic carbocycles. The van der Waals surface area contributed by atoms with Gasteiger partial charge in [-0.1, -0.05) is 31.5 Å². The number of carbonyl (C=O) groups excluding carboxylic acids is 1. The van der Waals surface area contributed by atoms with Gasteiger partial charge in [-0.05, 0) is 38.2 Å². The Kier molecular flexibility index (Phi) is 5.68. The van der Waals surface area contributed by atoms with Crippen LogP contribution < -0.4 is 5.32 Å². The zero-order valence-corrected chi connectivity index (χ0v) is 15.6. The SMILES string of the molecule is CCCCc1oc2ccccc2c1C(=O)Nc1cncc(CN(C)C)c1. The van der Waals surface area contributed by atoms with Crippen molar-refractivity contribution >= 4 is 22.6 Å². The molecule has 5 nitrogen and oxygen atoms in total. The van der Waals surface area contributed by atoms with Crippen molar-refractivity contribution in [3.63, 3.8) is 0 Å². The molecule has 1 N–H and O–H groups in total. The molecule has 0 radical (unpaired) electrons. The molecule has 2 heterocycles. The fourth-order valence-electron chi connectivity index (χ4n) is 3.06. The molecule has 1 amide bonds. The molecule has 3 aromatic rings. The highest BCUT2D eigenvalue weighted by molar-refractivity contribution is 6.13. The molecule has 0 unspecified atom stereocenters. The average molecular weight is 351 g/mol. The first-order valence-electron chi connectivity index (χ1n) is 8.99. The molecule has 0 saturated carbocycles. The highest BCUT2D eigenvalue weighted by Crippen LogP contribution is 2.28. The van der Waals surface area contributed by atoms with Crippen LogP contribution in [-0.4, -0.2) is 29.9 Å². The third-order valence-corrected chi connectivity index (χ3v) is 4.20. The first-order valence-corrected chi connectivity index (χ1v) is 8.99. The van der Waals surface area contributed by atoms with Crippen molar-refractivity contribution in [2.45, 2.75) is 32.7 Å². The number of carbonyl (C=O) groups is 1. The molecule has 5 heteroatoms. The molecule has 0 aliphatic heterocycles. The fourth-order valence-corrected chi connectivity index (χ4v) is 3.06. The molecule has 3 rings (SSSR count). The van der Waals surface area contributed by atoms with E-state index in [2.05, 4.69) is 22.1 Å². The quantitative estimate of drug-likeness (QED) is 0.681. The second kappa shape index (κ2) is 8.15. The highest BCUT2D eigenvalue weighted by Gasteiger charge is 2.20. The van der Waals surface area contributed by atoms with Crippen molar-refractivity contribution < 1.29 is 9.21 Å². The van der Waals surface area contributed by atoms with Crippen LogP contribution in [0.1, 0.15) is 41.4 Å². The van der Waals surface area contributed by atoms with Crippen LogP contribution in [0.25, 0.3) is 11.0 Å². The normalized spacial score (nSPS) is 11.2. The minimum atomic E-state index is -0.148. The molecule has 0 aliphatic rings. The van der Waals surface area contributed by atoms with E-state index in [-0.39, 0.29) is 5.91 Å².